The number of nitrogen functional groups attached to an aromatic ring is 1. The number of benzene rings is 2. The number of nitrogens with two attached hydrogens (primary N) is 1. The van der Waals surface area contributed by atoms with Gasteiger partial charge in [0.25, 0.3) is 5.88 Å². The summed E-state index contributed by atoms with van der Waals surface area (Å²) in [7, 11) is 1.88. The predicted octanol–water partition coefficient (Wildman–Crippen LogP) is 2.44. The fraction of sp³-hybridized carbons (Fsp3) is 0.240. The number of hydrazine groups is 1. The number of likely N-dealkylation sites (N-methyl/N-ethyl adjacent to an activating group) is 1. The molecule has 0 spiro atoms. The van der Waals surface area contributed by atoms with Crippen LogP contribution in [0.4, 0.5) is 8.78 Å². The molecule has 0 radical (unpaired) electrons. The first kappa shape index (κ1) is 26.4. The lowest BCUT2D eigenvalue weighted by Gasteiger charge is -2.36. The fourth-order valence-electron chi connectivity index (χ4n) is 3.83. The molecule has 0 aliphatic carbocycles. The zero-order valence-electron chi connectivity index (χ0n) is 20.5. The van der Waals surface area contributed by atoms with Gasteiger partial charge in [-0.25, -0.2) is 19.2 Å². The van der Waals surface area contributed by atoms with Crippen LogP contribution in [-0.4, -0.2) is 70.7 Å². The van der Waals surface area contributed by atoms with E-state index in [1.54, 1.807) is 24.3 Å². The standard InChI is InChI=1S/C25H26F2N6O5/c1-13-20(26)24(37-16-5-3-4-15(10-16)23-30-8-9-32(23)2)33(31-12-19(35)36)25(21(13)27)38-18-11-14(22(28)29)6-7-17(18)34/h3-7,10-11,25,31,34H,8-9,12H2,1-2H3,(H3,28,29)(H,35,36). The average molecular weight is 529 g/mol. The highest BCUT2D eigenvalue weighted by Gasteiger charge is 2.39. The molecule has 13 heteroatoms. The van der Waals surface area contributed by atoms with Crippen molar-refractivity contribution in [2.45, 2.75) is 13.2 Å². The summed E-state index contributed by atoms with van der Waals surface area (Å²) in [6.07, 6.45) is -1.79. The highest BCUT2D eigenvalue weighted by Crippen LogP contribution is 2.37. The molecule has 2 aromatic rings. The van der Waals surface area contributed by atoms with Crippen LogP contribution >= 0.6 is 0 Å². The minimum absolute atomic E-state index is 0.174. The zero-order valence-corrected chi connectivity index (χ0v) is 20.5. The van der Waals surface area contributed by atoms with Gasteiger partial charge in [0, 0.05) is 30.3 Å². The Kier molecular flexibility index (Phi) is 7.48. The van der Waals surface area contributed by atoms with Crippen LogP contribution in [0.25, 0.3) is 0 Å². The number of carbonyl (C=O) groups is 1. The molecule has 0 saturated heterocycles. The van der Waals surface area contributed by atoms with Crippen molar-refractivity contribution in [1.29, 1.82) is 5.41 Å². The quantitative estimate of drug-likeness (QED) is 0.244. The van der Waals surface area contributed by atoms with Gasteiger partial charge in [0.15, 0.2) is 23.2 Å². The summed E-state index contributed by atoms with van der Waals surface area (Å²) < 4.78 is 42.3. The molecule has 0 saturated carbocycles. The van der Waals surface area contributed by atoms with Crippen LogP contribution in [0, 0.1) is 5.41 Å². The number of carboxylic acids is 1. The number of hydrogen-bond donors (Lipinski definition) is 5. The van der Waals surface area contributed by atoms with Crippen LogP contribution in [0.15, 0.2) is 70.6 Å². The predicted molar refractivity (Wildman–Crippen MR) is 134 cm³/mol. The SMILES string of the molecule is CC1=C(F)C(Oc2cc(C(=N)N)ccc2O)N(NCC(=O)O)C(Oc2cccc(C3=NCCN3C)c2)=C1F. The number of ether oxygens (including phenoxy) is 2. The van der Waals surface area contributed by atoms with Crippen molar-refractivity contribution < 1.29 is 33.3 Å². The Bertz CT molecular complexity index is 1380. The summed E-state index contributed by atoms with van der Waals surface area (Å²) in [5.74, 6) is -4.20. The van der Waals surface area contributed by atoms with Gasteiger partial charge in [-0.1, -0.05) is 12.1 Å². The van der Waals surface area contributed by atoms with E-state index < -0.39 is 47.6 Å². The molecule has 2 aromatic carbocycles. The summed E-state index contributed by atoms with van der Waals surface area (Å²) in [5.41, 5.74) is 8.35. The van der Waals surface area contributed by atoms with Crippen molar-refractivity contribution in [3.63, 3.8) is 0 Å². The molecule has 1 atom stereocenters. The monoisotopic (exact) mass is 528 g/mol. The number of aromatic hydroxyl groups is 1. The molecular weight excluding hydrogens is 502 g/mol. The van der Waals surface area contributed by atoms with Gasteiger partial charge in [-0.05, 0) is 37.3 Å². The number of aliphatic carboxylic acids is 1. The number of halogens is 2. The van der Waals surface area contributed by atoms with Gasteiger partial charge in [-0.2, -0.15) is 0 Å². The van der Waals surface area contributed by atoms with E-state index in [1.807, 2.05) is 11.9 Å². The summed E-state index contributed by atoms with van der Waals surface area (Å²) in [4.78, 5) is 17.7. The topological polar surface area (TPSA) is 157 Å². The second kappa shape index (κ2) is 10.8. The van der Waals surface area contributed by atoms with Gasteiger partial charge in [-0.3, -0.25) is 15.2 Å². The molecule has 0 fully saturated rings. The molecule has 2 heterocycles. The van der Waals surface area contributed by atoms with E-state index in [1.165, 1.54) is 25.1 Å². The molecule has 0 amide bonds. The van der Waals surface area contributed by atoms with E-state index in [4.69, 9.17) is 20.6 Å². The van der Waals surface area contributed by atoms with Gasteiger partial charge < -0.3 is 30.3 Å². The Morgan fingerprint density at radius 2 is 2.05 bits per heavy atom. The number of rotatable bonds is 9. The Hall–Kier alpha value is -4.65. The maximum Gasteiger partial charge on any atom is 0.319 e. The third-order valence-corrected chi connectivity index (χ3v) is 5.82. The minimum atomic E-state index is -1.79. The molecular formula is C25H26F2N6O5. The van der Waals surface area contributed by atoms with Crippen molar-refractivity contribution in [1.82, 2.24) is 15.3 Å². The number of phenolic OH excluding ortho intramolecular Hbond substituents is 1. The Morgan fingerprint density at radius 1 is 1.29 bits per heavy atom. The lowest BCUT2D eigenvalue weighted by atomic mass is 10.1. The largest absolute Gasteiger partial charge is 0.504 e. The Balaban J connectivity index is 1.72. The lowest BCUT2D eigenvalue weighted by molar-refractivity contribution is -0.137. The molecule has 1 unspecified atom stereocenters. The first-order chi connectivity index (χ1) is 18.1. The molecule has 4 rings (SSSR count). The van der Waals surface area contributed by atoms with Gasteiger partial charge in [0.05, 0.1) is 6.54 Å². The molecule has 2 aliphatic heterocycles. The average Bonchev–Trinajstić information content (AvgIpc) is 3.32. The van der Waals surface area contributed by atoms with Crippen molar-refractivity contribution >= 4 is 17.6 Å². The maximum atomic E-state index is 15.4. The molecule has 11 nitrogen and oxygen atoms in total. The zero-order chi connectivity index (χ0) is 27.6. The third-order valence-electron chi connectivity index (χ3n) is 5.82. The first-order valence-electron chi connectivity index (χ1n) is 11.5. The number of nitrogens with zero attached hydrogens (tertiary/aromatic N) is 3. The first-order valence-corrected chi connectivity index (χ1v) is 11.5. The van der Waals surface area contributed by atoms with Crippen molar-refractivity contribution in [2.75, 3.05) is 26.7 Å². The molecule has 0 aromatic heterocycles. The van der Waals surface area contributed by atoms with Crippen LogP contribution in [-0.2, 0) is 4.79 Å². The van der Waals surface area contributed by atoms with E-state index in [0.29, 0.717) is 12.1 Å². The van der Waals surface area contributed by atoms with Gasteiger partial charge in [0.2, 0.25) is 6.23 Å². The highest BCUT2D eigenvalue weighted by molar-refractivity contribution is 6.00. The molecule has 6 N–H and O–H groups in total. The van der Waals surface area contributed by atoms with Crippen molar-refractivity contribution in [2.24, 2.45) is 10.7 Å². The number of amidine groups is 2. The van der Waals surface area contributed by atoms with E-state index in [9.17, 15) is 15.0 Å². The Morgan fingerprint density at radius 3 is 2.71 bits per heavy atom. The van der Waals surface area contributed by atoms with E-state index in [-0.39, 0.29) is 22.9 Å². The molecule has 0 bridgehead atoms. The Labute approximate surface area is 216 Å². The van der Waals surface area contributed by atoms with Crippen molar-refractivity contribution in [3.05, 3.63) is 76.7 Å². The van der Waals surface area contributed by atoms with Crippen LogP contribution < -0.4 is 20.6 Å². The smallest absolute Gasteiger partial charge is 0.319 e. The van der Waals surface area contributed by atoms with Gasteiger partial charge >= 0.3 is 5.97 Å². The number of allylic oxidation sites excluding steroid dienone is 2. The van der Waals surface area contributed by atoms with Gasteiger partial charge in [0.1, 0.15) is 24.0 Å². The van der Waals surface area contributed by atoms with Gasteiger partial charge in [-0.15, -0.1) is 0 Å². The molecule has 38 heavy (non-hydrogen) atoms. The number of aliphatic imine (C=N–C) groups is 1. The van der Waals surface area contributed by atoms with Crippen molar-refractivity contribution in [3.8, 4) is 17.2 Å². The third kappa shape index (κ3) is 5.37. The van der Waals surface area contributed by atoms with Crippen LogP contribution in [0.1, 0.15) is 18.1 Å². The number of carboxylic acid groups (broad SMARTS) is 1. The van der Waals surface area contributed by atoms with Crippen LogP contribution in [0.3, 0.4) is 0 Å². The maximum absolute atomic E-state index is 15.4. The van der Waals surface area contributed by atoms with E-state index in [2.05, 4.69) is 10.4 Å². The normalized spacial score (nSPS) is 17.6. The number of hydrogen-bond acceptors (Lipinski definition) is 9. The highest BCUT2D eigenvalue weighted by atomic mass is 19.1. The lowest BCUT2D eigenvalue weighted by Crippen LogP contribution is -2.53. The second-order valence-corrected chi connectivity index (χ2v) is 8.51. The summed E-state index contributed by atoms with van der Waals surface area (Å²) in [6, 6.07) is 10.4. The molecule has 2 aliphatic rings. The second-order valence-electron chi connectivity index (χ2n) is 8.51. The number of phenols is 1. The summed E-state index contributed by atoms with van der Waals surface area (Å²) in [6.45, 7) is 1.80. The fourth-order valence-corrected chi connectivity index (χ4v) is 3.83. The summed E-state index contributed by atoms with van der Waals surface area (Å²) >= 11 is 0. The van der Waals surface area contributed by atoms with Crippen LogP contribution in [0.2, 0.25) is 0 Å². The summed E-state index contributed by atoms with van der Waals surface area (Å²) in [5, 5.41) is 27.8. The molecule has 200 valence electrons. The van der Waals surface area contributed by atoms with E-state index in [0.717, 1.165) is 17.4 Å². The number of nitrogens with one attached hydrogen (secondary N) is 2. The minimum Gasteiger partial charge on any atom is -0.504 e. The van der Waals surface area contributed by atoms with Crippen LogP contribution in [0.5, 0.6) is 17.2 Å². The van der Waals surface area contributed by atoms with E-state index >= 15 is 8.78 Å².